The van der Waals surface area contributed by atoms with Gasteiger partial charge in [-0.3, -0.25) is 4.79 Å². The molecule has 0 radical (unpaired) electrons. The van der Waals surface area contributed by atoms with Crippen LogP contribution in [0.25, 0.3) is 5.52 Å². The second-order valence-corrected chi connectivity index (χ2v) is 4.13. The van der Waals surface area contributed by atoms with Gasteiger partial charge in [0.05, 0.1) is 12.7 Å². The first-order chi connectivity index (χ1) is 8.33. The van der Waals surface area contributed by atoms with Crippen molar-refractivity contribution in [2.45, 2.75) is 18.9 Å². The number of hydrogen-bond acceptors (Lipinski definition) is 4. The Balaban J connectivity index is 1.67. The van der Waals surface area contributed by atoms with Crippen molar-refractivity contribution in [1.82, 2.24) is 19.9 Å². The number of nitrogens with one attached hydrogen (secondary N) is 2. The number of carbonyl (C=O) groups excluding carboxylic acids is 1. The summed E-state index contributed by atoms with van der Waals surface area (Å²) in [5.41, 5.74) is 0.867. The molecule has 1 amide bonds. The molecular weight excluding hydrogens is 218 g/mol. The maximum absolute atomic E-state index is 11.5. The average molecular weight is 231 g/mol. The summed E-state index contributed by atoms with van der Waals surface area (Å²) in [6, 6.07) is 2.25. The van der Waals surface area contributed by atoms with Crippen molar-refractivity contribution in [3.63, 3.8) is 0 Å². The molecule has 1 saturated carbocycles. The number of hydrogen-bond donors (Lipinski definition) is 2. The number of carbonyl (C=O) groups is 1. The van der Waals surface area contributed by atoms with E-state index in [1.165, 1.54) is 0 Å². The normalized spacial score (nSPS) is 14.8. The monoisotopic (exact) mass is 231 g/mol. The lowest BCUT2D eigenvalue weighted by molar-refractivity contribution is -0.119. The van der Waals surface area contributed by atoms with Gasteiger partial charge in [-0.1, -0.05) is 0 Å². The minimum atomic E-state index is 0.0100. The fourth-order valence-corrected chi connectivity index (χ4v) is 1.66. The van der Waals surface area contributed by atoms with Crippen LogP contribution in [0.5, 0.6) is 0 Å². The predicted molar refractivity (Wildman–Crippen MR) is 62.6 cm³/mol. The van der Waals surface area contributed by atoms with Gasteiger partial charge in [-0.05, 0) is 18.9 Å². The molecule has 0 saturated heterocycles. The molecule has 3 rings (SSSR count). The molecule has 88 valence electrons. The quantitative estimate of drug-likeness (QED) is 0.800. The molecule has 2 heterocycles. The van der Waals surface area contributed by atoms with Crippen LogP contribution < -0.4 is 10.6 Å². The number of nitrogens with zero attached hydrogens (tertiary/aromatic N) is 3. The highest BCUT2D eigenvalue weighted by molar-refractivity contribution is 5.82. The second-order valence-electron chi connectivity index (χ2n) is 4.13. The molecular formula is C11H13N5O. The molecule has 0 spiro atoms. The Kier molecular flexibility index (Phi) is 2.40. The second kappa shape index (κ2) is 4.04. The zero-order valence-electron chi connectivity index (χ0n) is 9.26. The first-order valence-electron chi connectivity index (χ1n) is 5.64. The topological polar surface area (TPSA) is 71.3 Å². The van der Waals surface area contributed by atoms with Crippen molar-refractivity contribution >= 4 is 17.2 Å². The molecule has 1 aliphatic carbocycles. The Morgan fingerprint density at radius 1 is 1.47 bits per heavy atom. The Morgan fingerprint density at radius 2 is 2.35 bits per heavy atom. The molecule has 2 N–H and O–H groups in total. The zero-order valence-corrected chi connectivity index (χ0v) is 9.26. The molecule has 0 bridgehead atoms. The summed E-state index contributed by atoms with van der Waals surface area (Å²) >= 11 is 0. The predicted octanol–water partition coefficient (Wildman–Crippen LogP) is 0.420. The number of anilines is 1. The molecule has 17 heavy (non-hydrogen) atoms. The van der Waals surface area contributed by atoms with Gasteiger partial charge in [0.25, 0.3) is 0 Å². The van der Waals surface area contributed by atoms with Crippen LogP contribution in [0.15, 0.2) is 24.7 Å². The van der Waals surface area contributed by atoms with Gasteiger partial charge in [0.15, 0.2) is 5.82 Å². The first-order valence-corrected chi connectivity index (χ1v) is 5.64. The highest BCUT2D eigenvalue weighted by atomic mass is 16.2. The van der Waals surface area contributed by atoms with E-state index in [1.54, 1.807) is 23.1 Å². The van der Waals surface area contributed by atoms with Gasteiger partial charge in [-0.25, -0.2) is 9.50 Å². The van der Waals surface area contributed by atoms with Gasteiger partial charge in [0, 0.05) is 18.4 Å². The van der Waals surface area contributed by atoms with Crippen LogP contribution in [0.2, 0.25) is 0 Å². The van der Waals surface area contributed by atoms with E-state index >= 15 is 0 Å². The van der Waals surface area contributed by atoms with Gasteiger partial charge in [0.1, 0.15) is 5.52 Å². The van der Waals surface area contributed by atoms with Crippen molar-refractivity contribution in [2.24, 2.45) is 0 Å². The first kappa shape index (κ1) is 10.1. The molecule has 2 aromatic rings. The summed E-state index contributed by atoms with van der Waals surface area (Å²) in [6.45, 7) is 0.244. The molecule has 1 fully saturated rings. The minimum Gasteiger partial charge on any atom is -0.359 e. The van der Waals surface area contributed by atoms with E-state index in [-0.39, 0.29) is 12.5 Å². The van der Waals surface area contributed by atoms with E-state index in [9.17, 15) is 4.79 Å². The van der Waals surface area contributed by atoms with E-state index in [2.05, 4.69) is 20.7 Å². The van der Waals surface area contributed by atoms with Crippen LogP contribution >= 0.6 is 0 Å². The summed E-state index contributed by atoms with van der Waals surface area (Å²) in [5, 5.41) is 10.0. The lowest BCUT2D eigenvalue weighted by atomic mass is 10.4. The maximum Gasteiger partial charge on any atom is 0.239 e. The number of aromatic nitrogens is 3. The van der Waals surface area contributed by atoms with Crippen molar-refractivity contribution in [3.05, 3.63) is 24.7 Å². The number of amides is 1. The molecule has 2 aromatic heterocycles. The van der Waals surface area contributed by atoms with Crippen LogP contribution in [0.1, 0.15) is 12.8 Å². The third-order valence-electron chi connectivity index (χ3n) is 2.68. The number of fused-ring (bicyclic) bond motifs is 1. The fraction of sp³-hybridized carbons (Fsp3) is 0.364. The van der Waals surface area contributed by atoms with E-state index in [0.717, 1.165) is 18.4 Å². The van der Waals surface area contributed by atoms with Gasteiger partial charge in [-0.2, -0.15) is 5.10 Å². The lowest BCUT2D eigenvalue weighted by Gasteiger charge is -2.07. The summed E-state index contributed by atoms with van der Waals surface area (Å²) < 4.78 is 1.72. The SMILES string of the molecule is O=C(CNc1nccn2nccc12)NC1CC1. The molecule has 6 heteroatoms. The third kappa shape index (κ3) is 2.20. The van der Waals surface area contributed by atoms with E-state index < -0.39 is 0 Å². The van der Waals surface area contributed by atoms with Crippen LogP contribution in [0.4, 0.5) is 5.82 Å². The van der Waals surface area contributed by atoms with Crippen molar-refractivity contribution < 1.29 is 4.79 Å². The van der Waals surface area contributed by atoms with E-state index in [0.29, 0.717) is 11.9 Å². The molecule has 0 aliphatic heterocycles. The van der Waals surface area contributed by atoms with Crippen molar-refractivity contribution in [2.75, 3.05) is 11.9 Å². The summed E-state index contributed by atoms with van der Waals surface area (Å²) in [7, 11) is 0. The Morgan fingerprint density at radius 3 is 3.18 bits per heavy atom. The van der Waals surface area contributed by atoms with Crippen LogP contribution in [-0.4, -0.2) is 33.1 Å². The summed E-state index contributed by atoms with van der Waals surface area (Å²) in [5.74, 6) is 0.687. The third-order valence-corrected chi connectivity index (χ3v) is 2.68. The van der Waals surface area contributed by atoms with Gasteiger partial charge in [0.2, 0.25) is 5.91 Å². The van der Waals surface area contributed by atoms with Crippen LogP contribution in [-0.2, 0) is 4.79 Å². The Labute approximate surface area is 98.0 Å². The van der Waals surface area contributed by atoms with Crippen LogP contribution in [0.3, 0.4) is 0 Å². The van der Waals surface area contributed by atoms with Crippen molar-refractivity contribution in [3.8, 4) is 0 Å². The largest absolute Gasteiger partial charge is 0.359 e. The molecule has 0 aromatic carbocycles. The molecule has 1 aliphatic rings. The highest BCUT2D eigenvalue weighted by Gasteiger charge is 2.22. The Hall–Kier alpha value is -2.11. The van der Waals surface area contributed by atoms with Gasteiger partial charge >= 0.3 is 0 Å². The smallest absolute Gasteiger partial charge is 0.239 e. The molecule has 0 atom stereocenters. The van der Waals surface area contributed by atoms with E-state index in [4.69, 9.17) is 0 Å². The van der Waals surface area contributed by atoms with Gasteiger partial charge < -0.3 is 10.6 Å². The van der Waals surface area contributed by atoms with Gasteiger partial charge in [-0.15, -0.1) is 0 Å². The fourth-order valence-electron chi connectivity index (χ4n) is 1.66. The van der Waals surface area contributed by atoms with Crippen LogP contribution in [0, 0.1) is 0 Å². The Bertz CT molecular complexity index is 546. The summed E-state index contributed by atoms with van der Waals surface area (Å²) in [6.07, 6.45) is 7.32. The standard InChI is InChI=1S/C11H13N5O/c17-10(15-8-1-2-8)7-13-11-9-3-4-14-16(9)6-5-12-11/h3-6,8H,1-2,7H2,(H,12,13)(H,15,17). The molecule has 6 nitrogen and oxygen atoms in total. The van der Waals surface area contributed by atoms with Crippen molar-refractivity contribution in [1.29, 1.82) is 0 Å². The zero-order chi connectivity index (χ0) is 11.7. The van der Waals surface area contributed by atoms with E-state index in [1.807, 2.05) is 6.07 Å². The minimum absolute atomic E-state index is 0.0100. The lowest BCUT2D eigenvalue weighted by Crippen LogP contribution is -2.31. The molecule has 0 unspecified atom stereocenters. The highest BCUT2D eigenvalue weighted by Crippen LogP contribution is 2.18. The number of rotatable bonds is 4. The average Bonchev–Trinajstić information content (AvgIpc) is 3.00. The maximum atomic E-state index is 11.5. The summed E-state index contributed by atoms with van der Waals surface area (Å²) in [4.78, 5) is 15.7.